The largest absolute Gasteiger partial charge is 0.496 e. The maximum atomic E-state index is 14.6. The Kier molecular flexibility index (Phi) is 8.95. The lowest BCUT2D eigenvalue weighted by molar-refractivity contribution is -0.152. The van der Waals surface area contributed by atoms with Crippen molar-refractivity contribution in [3.8, 4) is 17.2 Å². The second-order valence-electron chi connectivity index (χ2n) is 10.3. The monoisotopic (exact) mass is 581 g/mol. The number of hydrogen-bond donors (Lipinski definition) is 1. The average Bonchev–Trinajstić information content (AvgIpc) is 3.01. The normalized spacial score (nSPS) is 19.7. The van der Waals surface area contributed by atoms with Crippen molar-refractivity contribution in [3.63, 3.8) is 0 Å². The van der Waals surface area contributed by atoms with Gasteiger partial charge in [0.15, 0.2) is 5.78 Å². The van der Waals surface area contributed by atoms with Gasteiger partial charge >= 0.3 is 11.9 Å². The summed E-state index contributed by atoms with van der Waals surface area (Å²) >= 11 is 0. The third kappa shape index (κ3) is 5.91. The van der Waals surface area contributed by atoms with Crippen molar-refractivity contribution in [3.05, 3.63) is 113 Å². The fourth-order valence-electron chi connectivity index (χ4n) is 6.00. The highest BCUT2D eigenvalue weighted by atomic mass is 16.5. The Morgan fingerprint density at radius 2 is 1.58 bits per heavy atom. The summed E-state index contributed by atoms with van der Waals surface area (Å²) in [5, 5.41) is 3.33. The van der Waals surface area contributed by atoms with Gasteiger partial charge in [0.05, 0.1) is 25.9 Å². The molecule has 3 aromatic rings. The molecule has 0 radical (unpaired) electrons. The van der Waals surface area contributed by atoms with Gasteiger partial charge in [-0.1, -0.05) is 48.5 Å². The molecule has 0 unspecified atom stereocenters. The molecule has 5 rings (SSSR count). The Morgan fingerprint density at radius 1 is 0.884 bits per heavy atom. The van der Waals surface area contributed by atoms with Crippen molar-refractivity contribution < 1.29 is 33.3 Å². The fourth-order valence-corrected chi connectivity index (χ4v) is 6.00. The predicted octanol–water partition coefficient (Wildman–Crippen LogP) is 6.20. The van der Waals surface area contributed by atoms with Crippen molar-refractivity contribution in [2.45, 2.75) is 39.0 Å². The zero-order valence-electron chi connectivity index (χ0n) is 24.7. The van der Waals surface area contributed by atoms with Crippen LogP contribution in [0.1, 0.15) is 50.2 Å². The van der Waals surface area contributed by atoms with Crippen molar-refractivity contribution in [2.75, 3.05) is 20.3 Å². The number of nitrogens with one attached hydrogen (secondary N) is 1. The van der Waals surface area contributed by atoms with Gasteiger partial charge in [-0.3, -0.25) is 9.59 Å². The second-order valence-corrected chi connectivity index (χ2v) is 10.3. The Bertz CT molecular complexity index is 1590. The Balaban J connectivity index is 1.66. The van der Waals surface area contributed by atoms with Crippen molar-refractivity contribution in [1.82, 2.24) is 5.32 Å². The molecule has 8 heteroatoms. The molecule has 0 amide bonds. The smallest absolute Gasteiger partial charge is 0.336 e. The predicted molar refractivity (Wildman–Crippen MR) is 161 cm³/mol. The fraction of sp³-hybridized carbons (Fsp3) is 0.286. The zero-order valence-corrected chi connectivity index (χ0v) is 24.7. The number of dihydropyridines is 1. The van der Waals surface area contributed by atoms with Gasteiger partial charge in [-0.2, -0.15) is 0 Å². The molecule has 0 fully saturated rings. The van der Waals surface area contributed by atoms with E-state index in [4.69, 9.17) is 18.9 Å². The van der Waals surface area contributed by atoms with E-state index in [0.717, 1.165) is 5.56 Å². The molecule has 1 heterocycles. The first-order valence-electron chi connectivity index (χ1n) is 14.4. The Morgan fingerprint density at radius 3 is 2.30 bits per heavy atom. The molecule has 8 nitrogen and oxygen atoms in total. The van der Waals surface area contributed by atoms with Gasteiger partial charge in [0.1, 0.15) is 23.2 Å². The molecule has 0 aromatic heterocycles. The van der Waals surface area contributed by atoms with Crippen LogP contribution in [-0.4, -0.2) is 38.0 Å². The highest BCUT2D eigenvalue weighted by molar-refractivity contribution is 6.13. The van der Waals surface area contributed by atoms with Gasteiger partial charge in [-0.05, 0) is 68.7 Å². The van der Waals surface area contributed by atoms with E-state index in [-0.39, 0.29) is 13.2 Å². The van der Waals surface area contributed by atoms with Gasteiger partial charge < -0.3 is 24.3 Å². The van der Waals surface area contributed by atoms with Crippen LogP contribution in [0.4, 0.5) is 0 Å². The lowest BCUT2D eigenvalue weighted by Gasteiger charge is -2.39. The summed E-state index contributed by atoms with van der Waals surface area (Å²) in [6.07, 6.45) is 0.328. The number of rotatable bonds is 9. The molecule has 1 N–H and O–H groups in total. The van der Waals surface area contributed by atoms with E-state index in [1.165, 1.54) is 0 Å². The number of methoxy groups -OCH3 is 1. The number of carbonyl (C=O) groups excluding carboxylic acids is 3. The summed E-state index contributed by atoms with van der Waals surface area (Å²) in [7, 11) is 1.56. The van der Waals surface area contributed by atoms with Crippen LogP contribution in [-0.2, 0) is 23.9 Å². The van der Waals surface area contributed by atoms with Crippen LogP contribution in [0.5, 0.6) is 17.2 Å². The van der Waals surface area contributed by atoms with Gasteiger partial charge in [-0.15, -0.1) is 0 Å². The Hall–Kier alpha value is -4.85. The first-order valence-corrected chi connectivity index (χ1v) is 14.4. The quantitative estimate of drug-likeness (QED) is 0.236. The van der Waals surface area contributed by atoms with Crippen LogP contribution in [0.15, 0.2) is 101 Å². The van der Waals surface area contributed by atoms with E-state index in [0.29, 0.717) is 51.8 Å². The molecular weight excluding hydrogens is 546 g/mol. The molecule has 0 bridgehead atoms. The number of esters is 2. The average molecular weight is 582 g/mol. The van der Waals surface area contributed by atoms with E-state index in [2.05, 4.69) is 5.32 Å². The van der Waals surface area contributed by atoms with Crippen molar-refractivity contribution in [1.29, 1.82) is 0 Å². The van der Waals surface area contributed by atoms with E-state index in [1.807, 2.05) is 78.9 Å². The summed E-state index contributed by atoms with van der Waals surface area (Å²) in [6.45, 7) is 5.54. The third-order valence-corrected chi connectivity index (χ3v) is 7.76. The van der Waals surface area contributed by atoms with Gasteiger partial charge in [0.2, 0.25) is 0 Å². The minimum atomic E-state index is -1.13. The lowest BCUT2D eigenvalue weighted by atomic mass is 9.67. The van der Waals surface area contributed by atoms with Crippen LogP contribution >= 0.6 is 0 Å². The zero-order chi connectivity index (χ0) is 30.5. The van der Waals surface area contributed by atoms with Crippen LogP contribution in [0.25, 0.3) is 0 Å². The number of allylic oxidation sites excluding steroid dienone is 3. The molecular formula is C35H35NO7. The number of carbonyl (C=O) groups is 3. The lowest BCUT2D eigenvalue weighted by Crippen LogP contribution is -2.43. The molecule has 3 aromatic carbocycles. The van der Waals surface area contributed by atoms with Gasteiger partial charge in [-0.25, -0.2) is 4.79 Å². The standard InChI is InChI=1S/C35H35NO7/c1-5-41-34(38)29-21(3)36-27-20-26(25-17-10-11-18-28(25)40-4)31(35(39)42-6-2)33(37)32(27)30(29)22-13-12-16-24(19-22)43-23-14-8-7-9-15-23/h7-19,26,30-31,36H,5-6,20H2,1-4H3/t26-,30-,31+/m0/s1. The maximum Gasteiger partial charge on any atom is 0.336 e. The number of para-hydroxylation sites is 2. The van der Waals surface area contributed by atoms with Crippen molar-refractivity contribution in [2.24, 2.45) is 5.92 Å². The number of benzene rings is 3. The SMILES string of the molecule is CCOC(=O)C1=C(C)NC2=C(C(=O)[C@H](C(=O)OCC)[C@H](c3ccccc3OC)C2)[C@H]1c1cccc(Oc2ccccc2)c1. The van der Waals surface area contributed by atoms with Crippen LogP contribution < -0.4 is 14.8 Å². The molecule has 2 aliphatic rings. The Labute approximate surface area is 251 Å². The minimum absolute atomic E-state index is 0.126. The summed E-state index contributed by atoms with van der Waals surface area (Å²) in [4.78, 5) is 41.5. The molecule has 0 saturated heterocycles. The minimum Gasteiger partial charge on any atom is -0.496 e. The topological polar surface area (TPSA) is 100 Å². The van der Waals surface area contributed by atoms with Crippen LogP contribution in [0.3, 0.4) is 0 Å². The van der Waals surface area contributed by atoms with E-state index >= 15 is 0 Å². The summed E-state index contributed by atoms with van der Waals surface area (Å²) < 4.78 is 22.6. The summed E-state index contributed by atoms with van der Waals surface area (Å²) in [5.74, 6) is -2.25. The van der Waals surface area contributed by atoms with E-state index in [9.17, 15) is 14.4 Å². The maximum absolute atomic E-state index is 14.6. The number of Topliss-reactive ketones (excluding diaryl/α,β-unsaturated/α-hetero) is 1. The van der Waals surface area contributed by atoms with E-state index in [1.54, 1.807) is 27.9 Å². The highest BCUT2D eigenvalue weighted by Gasteiger charge is 2.49. The van der Waals surface area contributed by atoms with E-state index < -0.39 is 35.5 Å². The molecule has 1 aliphatic carbocycles. The van der Waals surface area contributed by atoms with Crippen LogP contribution in [0, 0.1) is 5.92 Å². The van der Waals surface area contributed by atoms with Gasteiger partial charge in [0, 0.05) is 28.8 Å². The number of ketones is 1. The molecule has 3 atom stereocenters. The van der Waals surface area contributed by atoms with Crippen molar-refractivity contribution >= 4 is 17.7 Å². The van der Waals surface area contributed by atoms with Crippen LogP contribution in [0.2, 0.25) is 0 Å². The number of ether oxygens (including phenoxy) is 4. The molecule has 0 spiro atoms. The molecule has 1 aliphatic heterocycles. The number of hydrogen-bond acceptors (Lipinski definition) is 8. The first kappa shape index (κ1) is 29.6. The summed E-state index contributed by atoms with van der Waals surface area (Å²) in [6, 6.07) is 24.0. The highest BCUT2D eigenvalue weighted by Crippen LogP contribution is 2.49. The first-order chi connectivity index (χ1) is 20.9. The molecule has 0 saturated carbocycles. The second kappa shape index (κ2) is 13.0. The van der Waals surface area contributed by atoms with Gasteiger partial charge in [0.25, 0.3) is 0 Å². The summed E-state index contributed by atoms with van der Waals surface area (Å²) in [5.41, 5.74) is 3.27. The molecule has 222 valence electrons. The molecule has 43 heavy (non-hydrogen) atoms. The third-order valence-electron chi connectivity index (χ3n) is 7.76.